The first-order chi connectivity index (χ1) is 7.84. The van der Waals surface area contributed by atoms with Crippen LogP contribution in [0.15, 0.2) is 24.5 Å². The largest absolute Gasteiger partial charge is 0.374 e. The van der Waals surface area contributed by atoms with Gasteiger partial charge in [-0.1, -0.05) is 6.07 Å². The number of hydrogen-bond acceptors (Lipinski definition) is 4. The lowest BCUT2D eigenvalue weighted by Gasteiger charge is -2.28. The summed E-state index contributed by atoms with van der Waals surface area (Å²) < 4.78 is 11.3. The van der Waals surface area contributed by atoms with Gasteiger partial charge in [0.2, 0.25) is 0 Å². The van der Waals surface area contributed by atoms with E-state index >= 15 is 0 Å². The lowest BCUT2D eigenvalue weighted by molar-refractivity contribution is -0.0716. The summed E-state index contributed by atoms with van der Waals surface area (Å²) in [5.41, 5.74) is 1.10. The van der Waals surface area contributed by atoms with Crippen LogP contribution in [0.1, 0.15) is 12.5 Å². The monoisotopic (exact) mass is 222 g/mol. The molecule has 1 fully saturated rings. The highest BCUT2D eigenvalue weighted by atomic mass is 16.5. The Morgan fingerprint density at radius 2 is 2.50 bits per heavy atom. The van der Waals surface area contributed by atoms with E-state index in [9.17, 15) is 0 Å². The summed E-state index contributed by atoms with van der Waals surface area (Å²) in [6.45, 7) is 5.10. The minimum Gasteiger partial charge on any atom is -0.374 e. The highest BCUT2D eigenvalue weighted by molar-refractivity contribution is 5.06. The van der Waals surface area contributed by atoms with E-state index in [-0.39, 0.29) is 12.2 Å². The second-order valence-corrected chi connectivity index (χ2v) is 4.10. The third-order valence-electron chi connectivity index (χ3n) is 2.52. The number of aromatic nitrogens is 1. The molecule has 0 aromatic carbocycles. The van der Waals surface area contributed by atoms with Crippen LogP contribution in [0.4, 0.5) is 0 Å². The van der Waals surface area contributed by atoms with Crippen molar-refractivity contribution in [2.24, 2.45) is 0 Å². The molecule has 2 atom stereocenters. The Morgan fingerprint density at radius 1 is 1.56 bits per heavy atom. The van der Waals surface area contributed by atoms with Gasteiger partial charge in [-0.05, 0) is 18.6 Å². The molecule has 2 rings (SSSR count). The molecule has 1 aliphatic heterocycles. The summed E-state index contributed by atoms with van der Waals surface area (Å²) in [7, 11) is 0. The highest BCUT2D eigenvalue weighted by Crippen LogP contribution is 2.05. The molecule has 1 N–H and O–H groups in total. The van der Waals surface area contributed by atoms with Crippen molar-refractivity contribution in [2.45, 2.75) is 25.7 Å². The van der Waals surface area contributed by atoms with Gasteiger partial charge in [0.05, 0.1) is 25.4 Å². The van der Waals surface area contributed by atoms with Gasteiger partial charge in [0, 0.05) is 25.5 Å². The molecule has 1 aromatic heterocycles. The molecule has 2 heterocycles. The van der Waals surface area contributed by atoms with Gasteiger partial charge in [0.1, 0.15) is 0 Å². The van der Waals surface area contributed by atoms with Crippen molar-refractivity contribution in [1.29, 1.82) is 0 Å². The molecule has 0 spiro atoms. The number of hydrogen-bond donors (Lipinski definition) is 1. The maximum atomic E-state index is 5.72. The molecule has 2 unspecified atom stereocenters. The summed E-state index contributed by atoms with van der Waals surface area (Å²) in [4.78, 5) is 4.04. The third-order valence-corrected chi connectivity index (χ3v) is 2.52. The standard InChI is InChI=1S/C12H18N2O2/c1-10-5-14-7-12(16-10)9-15-8-11-3-2-4-13-6-11/h2-4,6,10,12,14H,5,7-9H2,1H3. The van der Waals surface area contributed by atoms with E-state index in [1.165, 1.54) is 0 Å². The van der Waals surface area contributed by atoms with Crippen molar-refractivity contribution in [3.05, 3.63) is 30.1 Å². The summed E-state index contributed by atoms with van der Waals surface area (Å²) in [6, 6.07) is 3.93. The van der Waals surface area contributed by atoms with Gasteiger partial charge < -0.3 is 14.8 Å². The van der Waals surface area contributed by atoms with Crippen LogP contribution in [0.25, 0.3) is 0 Å². The zero-order valence-corrected chi connectivity index (χ0v) is 9.56. The fourth-order valence-corrected chi connectivity index (χ4v) is 1.76. The van der Waals surface area contributed by atoms with E-state index < -0.39 is 0 Å². The average Bonchev–Trinajstić information content (AvgIpc) is 2.30. The predicted octanol–water partition coefficient (Wildman–Crippen LogP) is 0.975. The lowest BCUT2D eigenvalue weighted by atomic mass is 10.2. The summed E-state index contributed by atoms with van der Waals surface area (Å²) in [5, 5.41) is 3.32. The molecule has 16 heavy (non-hydrogen) atoms. The van der Waals surface area contributed by atoms with E-state index in [4.69, 9.17) is 9.47 Å². The van der Waals surface area contributed by atoms with Crippen molar-refractivity contribution < 1.29 is 9.47 Å². The Bertz CT molecular complexity index is 305. The molecule has 0 saturated carbocycles. The fourth-order valence-electron chi connectivity index (χ4n) is 1.76. The van der Waals surface area contributed by atoms with Crippen LogP contribution in [-0.2, 0) is 16.1 Å². The van der Waals surface area contributed by atoms with E-state index in [1.807, 2.05) is 18.3 Å². The molecule has 0 bridgehead atoms. The second kappa shape index (κ2) is 5.94. The van der Waals surface area contributed by atoms with E-state index in [0.29, 0.717) is 13.2 Å². The molecule has 1 aromatic rings. The molecule has 88 valence electrons. The van der Waals surface area contributed by atoms with Crippen LogP contribution in [0, 0.1) is 0 Å². The first-order valence-corrected chi connectivity index (χ1v) is 5.67. The van der Waals surface area contributed by atoms with Crippen molar-refractivity contribution in [3.63, 3.8) is 0 Å². The second-order valence-electron chi connectivity index (χ2n) is 4.10. The molecular formula is C12H18N2O2. The highest BCUT2D eigenvalue weighted by Gasteiger charge is 2.18. The molecule has 4 heteroatoms. The number of ether oxygens (including phenoxy) is 2. The normalized spacial score (nSPS) is 25.6. The van der Waals surface area contributed by atoms with Gasteiger partial charge in [-0.15, -0.1) is 0 Å². The third kappa shape index (κ3) is 3.56. The Labute approximate surface area is 96.0 Å². The summed E-state index contributed by atoms with van der Waals surface area (Å²) >= 11 is 0. The molecule has 0 aliphatic carbocycles. The smallest absolute Gasteiger partial charge is 0.0936 e. The molecule has 1 saturated heterocycles. The van der Waals surface area contributed by atoms with Crippen molar-refractivity contribution in [3.8, 4) is 0 Å². The lowest BCUT2D eigenvalue weighted by Crippen LogP contribution is -2.45. The number of rotatable bonds is 4. The van der Waals surface area contributed by atoms with Gasteiger partial charge in [-0.3, -0.25) is 4.98 Å². The number of pyridine rings is 1. The minimum absolute atomic E-state index is 0.167. The zero-order chi connectivity index (χ0) is 11.2. The SMILES string of the molecule is CC1CNCC(COCc2cccnc2)O1. The number of nitrogens with one attached hydrogen (secondary N) is 1. The summed E-state index contributed by atoms with van der Waals surface area (Å²) in [6.07, 6.45) is 4.03. The maximum Gasteiger partial charge on any atom is 0.0936 e. The predicted molar refractivity (Wildman–Crippen MR) is 61.1 cm³/mol. The van der Waals surface area contributed by atoms with Gasteiger partial charge >= 0.3 is 0 Å². The Hall–Kier alpha value is -0.970. The molecule has 0 amide bonds. The maximum absolute atomic E-state index is 5.72. The first kappa shape index (κ1) is 11.5. The fraction of sp³-hybridized carbons (Fsp3) is 0.583. The van der Waals surface area contributed by atoms with Crippen molar-refractivity contribution in [1.82, 2.24) is 10.3 Å². The van der Waals surface area contributed by atoms with Crippen LogP contribution in [0.3, 0.4) is 0 Å². The topological polar surface area (TPSA) is 43.4 Å². The Balaban J connectivity index is 1.68. The van der Waals surface area contributed by atoms with Crippen LogP contribution in [0.2, 0.25) is 0 Å². The molecule has 4 nitrogen and oxygen atoms in total. The number of morpholine rings is 1. The van der Waals surface area contributed by atoms with E-state index in [1.54, 1.807) is 6.20 Å². The van der Waals surface area contributed by atoms with Crippen LogP contribution in [-0.4, -0.2) is 36.9 Å². The number of nitrogens with zero attached hydrogens (tertiary/aromatic N) is 1. The quantitative estimate of drug-likeness (QED) is 0.824. The Morgan fingerprint density at radius 3 is 3.25 bits per heavy atom. The van der Waals surface area contributed by atoms with Crippen molar-refractivity contribution >= 4 is 0 Å². The first-order valence-electron chi connectivity index (χ1n) is 5.67. The molecular weight excluding hydrogens is 204 g/mol. The molecule has 1 aliphatic rings. The van der Waals surface area contributed by atoms with Gasteiger partial charge in [0.25, 0.3) is 0 Å². The van der Waals surface area contributed by atoms with Gasteiger partial charge in [0.15, 0.2) is 0 Å². The minimum atomic E-state index is 0.167. The van der Waals surface area contributed by atoms with E-state index in [0.717, 1.165) is 18.7 Å². The van der Waals surface area contributed by atoms with E-state index in [2.05, 4.69) is 17.2 Å². The summed E-state index contributed by atoms with van der Waals surface area (Å²) in [5.74, 6) is 0. The van der Waals surface area contributed by atoms with Crippen LogP contribution in [0.5, 0.6) is 0 Å². The average molecular weight is 222 g/mol. The molecule has 0 radical (unpaired) electrons. The van der Waals surface area contributed by atoms with Crippen molar-refractivity contribution in [2.75, 3.05) is 19.7 Å². The van der Waals surface area contributed by atoms with Gasteiger partial charge in [-0.25, -0.2) is 0 Å². The Kier molecular flexibility index (Phi) is 4.27. The zero-order valence-electron chi connectivity index (χ0n) is 9.56. The van der Waals surface area contributed by atoms with Crippen LogP contribution >= 0.6 is 0 Å². The van der Waals surface area contributed by atoms with Crippen LogP contribution < -0.4 is 5.32 Å². The van der Waals surface area contributed by atoms with Gasteiger partial charge in [-0.2, -0.15) is 0 Å².